The minimum absolute atomic E-state index is 0.288. The summed E-state index contributed by atoms with van der Waals surface area (Å²) in [6, 6.07) is 11.4. The fourth-order valence-corrected chi connectivity index (χ4v) is 4.49. The first-order valence-corrected chi connectivity index (χ1v) is 11.6. The number of aromatic nitrogens is 3. The lowest BCUT2D eigenvalue weighted by atomic mass is 10.1. The lowest BCUT2D eigenvalue weighted by Gasteiger charge is -2.39. The molecule has 4 rings (SSSR count). The summed E-state index contributed by atoms with van der Waals surface area (Å²) in [4.78, 5) is 14.0. The van der Waals surface area contributed by atoms with Crippen molar-refractivity contribution in [3.63, 3.8) is 0 Å². The number of anilines is 1. The lowest BCUT2D eigenvalue weighted by Crippen LogP contribution is -2.54. The summed E-state index contributed by atoms with van der Waals surface area (Å²) < 4.78 is 7.16. The highest BCUT2D eigenvalue weighted by atomic mass is 16.5. The number of methoxy groups -OCH3 is 1. The first kappa shape index (κ1) is 22.5. The molecule has 0 radical (unpaired) electrons. The average molecular weight is 441 g/mol. The molecule has 3 heterocycles. The molecule has 1 saturated heterocycles. The van der Waals surface area contributed by atoms with Gasteiger partial charge < -0.3 is 20.3 Å². The molecule has 2 aromatic rings. The number of aryl methyl sites for hydroxylation is 1. The third-order valence-corrected chi connectivity index (χ3v) is 6.36. The maximum atomic E-state index is 5.16. The maximum Gasteiger partial charge on any atom is 0.191 e. The Morgan fingerprint density at radius 2 is 2.00 bits per heavy atom. The SMILES string of the molecule is CN=C(NCC(C)N1CCN(c2ccccc2)CC1)NC1CCc2nc(COC)nn2C1. The molecule has 2 aliphatic rings. The van der Waals surface area contributed by atoms with Gasteiger partial charge in [-0.15, -0.1) is 0 Å². The van der Waals surface area contributed by atoms with Gasteiger partial charge in [0.05, 0.1) is 6.54 Å². The van der Waals surface area contributed by atoms with Gasteiger partial charge in [-0.05, 0) is 25.5 Å². The highest BCUT2D eigenvalue weighted by Gasteiger charge is 2.24. The molecule has 1 aromatic heterocycles. The normalized spacial score (nSPS) is 20.7. The monoisotopic (exact) mass is 440 g/mol. The second-order valence-electron chi connectivity index (χ2n) is 8.60. The van der Waals surface area contributed by atoms with Gasteiger partial charge in [-0.25, -0.2) is 9.67 Å². The molecule has 1 fully saturated rings. The predicted octanol–water partition coefficient (Wildman–Crippen LogP) is 1.12. The van der Waals surface area contributed by atoms with Crippen molar-refractivity contribution in [3.05, 3.63) is 42.0 Å². The Morgan fingerprint density at radius 1 is 1.22 bits per heavy atom. The van der Waals surface area contributed by atoms with Crippen molar-refractivity contribution in [1.82, 2.24) is 30.3 Å². The highest BCUT2D eigenvalue weighted by Crippen LogP contribution is 2.17. The zero-order valence-electron chi connectivity index (χ0n) is 19.5. The number of nitrogens with one attached hydrogen (secondary N) is 2. The van der Waals surface area contributed by atoms with Crippen molar-refractivity contribution in [2.45, 2.75) is 45.0 Å². The van der Waals surface area contributed by atoms with Crippen LogP contribution in [0.5, 0.6) is 0 Å². The quantitative estimate of drug-likeness (QED) is 0.493. The van der Waals surface area contributed by atoms with E-state index >= 15 is 0 Å². The first-order valence-electron chi connectivity index (χ1n) is 11.6. The number of nitrogens with zero attached hydrogens (tertiary/aromatic N) is 6. The van der Waals surface area contributed by atoms with Crippen LogP contribution in [0.3, 0.4) is 0 Å². The molecule has 9 heteroatoms. The highest BCUT2D eigenvalue weighted by molar-refractivity contribution is 5.80. The first-order chi connectivity index (χ1) is 15.7. The fraction of sp³-hybridized carbons (Fsp3) is 0.609. The molecule has 2 unspecified atom stereocenters. The van der Waals surface area contributed by atoms with Gasteiger partial charge >= 0.3 is 0 Å². The van der Waals surface area contributed by atoms with E-state index in [-0.39, 0.29) is 6.04 Å². The van der Waals surface area contributed by atoms with E-state index in [2.05, 4.69) is 72.8 Å². The van der Waals surface area contributed by atoms with Gasteiger partial charge in [-0.3, -0.25) is 9.89 Å². The van der Waals surface area contributed by atoms with Gasteiger partial charge in [0, 0.05) is 71.1 Å². The Kier molecular flexibility index (Phi) is 7.59. The summed E-state index contributed by atoms with van der Waals surface area (Å²) in [5.74, 6) is 2.65. The Bertz CT molecular complexity index is 875. The molecule has 32 heavy (non-hydrogen) atoms. The van der Waals surface area contributed by atoms with E-state index in [1.54, 1.807) is 7.11 Å². The number of hydrogen-bond donors (Lipinski definition) is 2. The van der Waals surface area contributed by atoms with E-state index in [1.807, 2.05) is 11.7 Å². The van der Waals surface area contributed by atoms with E-state index in [9.17, 15) is 0 Å². The van der Waals surface area contributed by atoms with Crippen LogP contribution in [-0.4, -0.2) is 84.6 Å². The Morgan fingerprint density at radius 3 is 2.72 bits per heavy atom. The van der Waals surface area contributed by atoms with E-state index in [4.69, 9.17) is 4.74 Å². The molecular weight excluding hydrogens is 404 g/mol. The van der Waals surface area contributed by atoms with E-state index < -0.39 is 0 Å². The fourth-order valence-electron chi connectivity index (χ4n) is 4.49. The summed E-state index contributed by atoms with van der Waals surface area (Å²) in [6.45, 7) is 8.69. The third kappa shape index (κ3) is 5.58. The van der Waals surface area contributed by atoms with Gasteiger partial charge in [0.15, 0.2) is 11.8 Å². The molecule has 9 nitrogen and oxygen atoms in total. The van der Waals surface area contributed by atoms with Crippen LogP contribution in [0.4, 0.5) is 5.69 Å². The van der Waals surface area contributed by atoms with Crippen LogP contribution < -0.4 is 15.5 Å². The number of benzene rings is 1. The second-order valence-corrected chi connectivity index (χ2v) is 8.60. The number of aliphatic imine (C=N–C) groups is 1. The van der Waals surface area contributed by atoms with Crippen LogP contribution in [0, 0.1) is 0 Å². The molecule has 2 N–H and O–H groups in total. The van der Waals surface area contributed by atoms with Gasteiger partial charge in [-0.1, -0.05) is 18.2 Å². The van der Waals surface area contributed by atoms with Gasteiger partial charge in [0.25, 0.3) is 0 Å². The molecule has 1 aromatic carbocycles. The summed E-state index contributed by atoms with van der Waals surface area (Å²) in [7, 11) is 3.50. The predicted molar refractivity (Wildman–Crippen MR) is 127 cm³/mol. The molecule has 0 saturated carbocycles. The second kappa shape index (κ2) is 10.8. The third-order valence-electron chi connectivity index (χ3n) is 6.36. The minimum atomic E-state index is 0.288. The van der Waals surface area contributed by atoms with Gasteiger partial charge in [-0.2, -0.15) is 5.10 Å². The van der Waals surface area contributed by atoms with E-state index in [0.717, 1.165) is 69.7 Å². The smallest absolute Gasteiger partial charge is 0.191 e. The molecule has 2 aliphatic heterocycles. The number of para-hydroxylation sites is 1. The number of hydrogen-bond acceptors (Lipinski definition) is 6. The number of piperazine rings is 1. The largest absolute Gasteiger partial charge is 0.377 e. The summed E-state index contributed by atoms with van der Waals surface area (Å²) in [6.07, 6.45) is 1.93. The van der Waals surface area contributed by atoms with Gasteiger partial charge in [0.1, 0.15) is 12.4 Å². The van der Waals surface area contributed by atoms with Crippen molar-refractivity contribution in [1.29, 1.82) is 0 Å². The van der Waals surface area contributed by atoms with Crippen LogP contribution in [0.15, 0.2) is 35.3 Å². The Balaban J connectivity index is 1.21. The number of fused-ring (bicyclic) bond motifs is 1. The molecule has 0 amide bonds. The molecule has 2 atom stereocenters. The number of ether oxygens (including phenoxy) is 1. The van der Waals surface area contributed by atoms with E-state index in [0.29, 0.717) is 12.6 Å². The summed E-state index contributed by atoms with van der Waals surface area (Å²) in [5.41, 5.74) is 1.32. The summed E-state index contributed by atoms with van der Waals surface area (Å²) in [5, 5.41) is 11.6. The van der Waals surface area contributed by atoms with Crippen molar-refractivity contribution in [3.8, 4) is 0 Å². The number of guanidine groups is 1. The lowest BCUT2D eigenvalue weighted by molar-refractivity contribution is 0.177. The zero-order valence-corrected chi connectivity index (χ0v) is 19.5. The van der Waals surface area contributed by atoms with Crippen LogP contribution in [0.1, 0.15) is 25.0 Å². The van der Waals surface area contributed by atoms with Crippen molar-refractivity contribution in [2.24, 2.45) is 4.99 Å². The molecular formula is C23H36N8O. The molecule has 0 aliphatic carbocycles. The van der Waals surface area contributed by atoms with Crippen LogP contribution in [0.2, 0.25) is 0 Å². The van der Waals surface area contributed by atoms with E-state index in [1.165, 1.54) is 5.69 Å². The summed E-state index contributed by atoms with van der Waals surface area (Å²) >= 11 is 0. The standard InChI is InChI=1S/C23H36N8O/c1-18(29-11-13-30(14-12-29)20-7-5-4-6-8-20)15-25-23(24-2)26-19-9-10-22-27-21(17-32-3)28-31(22)16-19/h4-8,18-19H,9-17H2,1-3H3,(H2,24,25,26). The van der Waals surface area contributed by atoms with Crippen molar-refractivity contribution in [2.75, 3.05) is 51.8 Å². The molecule has 0 spiro atoms. The zero-order chi connectivity index (χ0) is 22.3. The van der Waals surface area contributed by atoms with Crippen LogP contribution in [0.25, 0.3) is 0 Å². The number of rotatable bonds is 7. The topological polar surface area (TPSA) is 82.8 Å². The Labute approximate surface area is 190 Å². The molecule has 174 valence electrons. The van der Waals surface area contributed by atoms with Gasteiger partial charge in [0.2, 0.25) is 0 Å². The van der Waals surface area contributed by atoms with Crippen LogP contribution >= 0.6 is 0 Å². The molecule has 0 bridgehead atoms. The van der Waals surface area contributed by atoms with Crippen molar-refractivity contribution < 1.29 is 4.74 Å². The minimum Gasteiger partial charge on any atom is -0.377 e. The van der Waals surface area contributed by atoms with Crippen molar-refractivity contribution >= 4 is 11.6 Å². The van der Waals surface area contributed by atoms with Crippen LogP contribution in [-0.2, 0) is 24.3 Å². The maximum absolute atomic E-state index is 5.16. The Hall–Kier alpha value is -2.65. The average Bonchev–Trinajstić information content (AvgIpc) is 3.24.